The molecule has 3 aromatic carbocycles. The molecular weight excluding hydrogens is 531 g/mol. The molecule has 1 aliphatic rings. The third-order valence-electron chi connectivity index (χ3n) is 6.58. The van der Waals surface area contributed by atoms with Gasteiger partial charge in [0.25, 0.3) is 5.91 Å². The zero-order chi connectivity index (χ0) is 28.7. The van der Waals surface area contributed by atoms with E-state index in [2.05, 4.69) is 5.32 Å². The minimum atomic E-state index is -4.52. The zero-order valence-corrected chi connectivity index (χ0v) is 22.0. The Hall–Kier alpha value is -3.50. The second-order valence-electron chi connectivity index (χ2n) is 9.92. The van der Waals surface area contributed by atoms with E-state index in [1.165, 1.54) is 18.2 Å². The minimum absolute atomic E-state index is 0.0399. The van der Waals surface area contributed by atoms with Crippen LogP contribution in [0.5, 0.6) is 5.75 Å². The third kappa shape index (κ3) is 8.50. The molecule has 214 valence electrons. The summed E-state index contributed by atoms with van der Waals surface area (Å²) in [6.07, 6.45) is -3.95. The molecule has 2 atom stereocenters. The average Bonchev–Trinajstić information content (AvgIpc) is 3.42. The predicted molar refractivity (Wildman–Crippen MR) is 139 cm³/mol. The van der Waals surface area contributed by atoms with Crippen molar-refractivity contribution in [1.29, 1.82) is 0 Å². The number of benzene rings is 3. The Kier molecular flexibility index (Phi) is 9.76. The number of carbonyl (C=O) groups excluding carboxylic acids is 1. The number of amides is 1. The summed E-state index contributed by atoms with van der Waals surface area (Å²) in [7, 11) is 0. The highest BCUT2D eigenvalue weighted by atomic mass is 19.4. The summed E-state index contributed by atoms with van der Waals surface area (Å²) in [5.41, 5.74) is 1.51. The first-order valence-electron chi connectivity index (χ1n) is 13.0. The molecule has 1 heterocycles. The Bertz CT molecular complexity index is 1290. The lowest BCUT2D eigenvalue weighted by Crippen LogP contribution is -2.47. The molecule has 10 heteroatoms. The summed E-state index contributed by atoms with van der Waals surface area (Å²) in [6.45, 7) is 3.50. The van der Waals surface area contributed by atoms with E-state index in [1.807, 2.05) is 36.1 Å². The first-order valence-corrected chi connectivity index (χ1v) is 13.0. The van der Waals surface area contributed by atoms with Crippen LogP contribution in [0.2, 0.25) is 0 Å². The summed E-state index contributed by atoms with van der Waals surface area (Å²) in [5, 5.41) is 2.64. The van der Waals surface area contributed by atoms with E-state index >= 15 is 0 Å². The normalized spacial score (nSPS) is 16.2. The Morgan fingerprint density at radius 1 is 1.05 bits per heavy atom. The maximum absolute atomic E-state index is 13.9. The van der Waals surface area contributed by atoms with E-state index in [0.29, 0.717) is 19.7 Å². The highest BCUT2D eigenvalue weighted by Crippen LogP contribution is 2.29. The molecule has 1 fully saturated rings. The Balaban J connectivity index is 1.54. The van der Waals surface area contributed by atoms with Crippen LogP contribution in [-0.4, -0.2) is 42.7 Å². The molecule has 0 saturated carbocycles. The van der Waals surface area contributed by atoms with Gasteiger partial charge in [0.2, 0.25) is 0 Å². The van der Waals surface area contributed by atoms with Gasteiger partial charge in [0.1, 0.15) is 5.75 Å². The monoisotopic (exact) mass is 562 g/mol. The number of carbonyl (C=O) groups is 1. The Labute approximate surface area is 229 Å². The SMILES string of the molecule is Cc1cccc(CN(C[C@@H]2CCCO2)C[C@@H](Oc2ccc(F)c(F)c2)C(=O)NCc2cccc(C(F)(F)F)c2)c1. The van der Waals surface area contributed by atoms with Gasteiger partial charge >= 0.3 is 6.18 Å². The standard InChI is InChI=1S/C30H31F5N2O3/c1-20-5-2-7-22(13-20)17-37(18-25-9-4-12-39-25)19-28(40-24-10-11-26(31)27(32)15-24)29(38)36-16-21-6-3-8-23(14-21)30(33,34)35/h2-3,5-8,10-11,13-15,25,28H,4,9,12,16-19H2,1H3,(H,36,38)/t25-,28+/m0/s1. The maximum Gasteiger partial charge on any atom is 0.416 e. The molecule has 4 rings (SSSR count). The van der Waals surface area contributed by atoms with Crippen molar-refractivity contribution in [3.05, 3.63) is 101 Å². The summed E-state index contributed by atoms with van der Waals surface area (Å²) in [6, 6.07) is 15.5. The molecule has 0 unspecified atom stereocenters. The highest BCUT2D eigenvalue weighted by Gasteiger charge is 2.31. The van der Waals surface area contributed by atoms with Crippen LogP contribution >= 0.6 is 0 Å². The summed E-state index contributed by atoms with van der Waals surface area (Å²) in [5.74, 6) is -2.84. The van der Waals surface area contributed by atoms with Gasteiger partial charge in [-0.25, -0.2) is 8.78 Å². The van der Waals surface area contributed by atoms with Crippen LogP contribution in [0.4, 0.5) is 22.0 Å². The van der Waals surface area contributed by atoms with Gasteiger partial charge < -0.3 is 14.8 Å². The molecule has 3 aromatic rings. The van der Waals surface area contributed by atoms with Crippen LogP contribution in [0, 0.1) is 18.6 Å². The van der Waals surface area contributed by atoms with Crippen molar-refractivity contribution in [3.8, 4) is 5.75 Å². The van der Waals surface area contributed by atoms with Gasteiger partial charge in [-0.15, -0.1) is 0 Å². The fraction of sp³-hybridized carbons (Fsp3) is 0.367. The number of nitrogens with one attached hydrogen (secondary N) is 1. The highest BCUT2D eigenvalue weighted by molar-refractivity contribution is 5.81. The van der Waals surface area contributed by atoms with Gasteiger partial charge in [-0.05, 0) is 55.2 Å². The molecule has 0 aromatic heterocycles. The van der Waals surface area contributed by atoms with Crippen LogP contribution in [-0.2, 0) is 28.8 Å². The Morgan fingerprint density at radius 2 is 1.82 bits per heavy atom. The van der Waals surface area contributed by atoms with Crippen molar-refractivity contribution in [2.75, 3.05) is 19.7 Å². The number of ether oxygens (including phenoxy) is 2. The first-order chi connectivity index (χ1) is 19.1. The molecule has 1 amide bonds. The second kappa shape index (κ2) is 13.2. The average molecular weight is 563 g/mol. The van der Waals surface area contributed by atoms with Crippen molar-refractivity contribution in [1.82, 2.24) is 10.2 Å². The number of hydrogen-bond donors (Lipinski definition) is 1. The molecular formula is C30H31F5N2O3. The summed E-state index contributed by atoms with van der Waals surface area (Å²) < 4.78 is 78.5. The molecule has 0 aliphatic carbocycles. The molecule has 0 spiro atoms. The van der Waals surface area contributed by atoms with Gasteiger partial charge in [-0.3, -0.25) is 9.69 Å². The smallest absolute Gasteiger partial charge is 0.416 e. The maximum atomic E-state index is 13.9. The van der Waals surface area contributed by atoms with E-state index in [0.717, 1.165) is 48.2 Å². The van der Waals surface area contributed by atoms with E-state index in [1.54, 1.807) is 0 Å². The van der Waals surface area contributed by atoms with Crippen LogP contribution in [0.25, 0.3) is 0 Å². The second-order valence-corrected chi connectivity index (χ2v) is 9.92. The number of hydrogen-bond acceptors (Lipinski definition) is 4. The van der Waals surface area contributed by atoms with E-state index in [9.17, 15) is 26.7 Å². The van der Waals surface area contributed by atoms with Crippen LogP contribution < -0.4 is 10.1 Å². The predicted octanol–water partition coefficient (Wildman–Crippen LogP) is 6.04. The molecule has 1 saturated heterocycles. The molecule has 1 aliphatic heterocycles. The molecule has 0 bridgehead atoms. The topological polar surface area (TPSA) is 50.8 Å². The fourth-order valence-electron chi connectivity index (χ4n) is 4.63. The lowest BCUT2D eigenvalue weighted by molar-refractivity contribution is -0.137. The van der Waals surface area contributed by atoms with Crippen molar-refractivity contribution >= 4 is 5.91 Å². The molecule has 0 radical (unpaired) electrons. The van der Waals surface area contributed by atoms with Crippen molar-refractivity contribution in [3.63, 3.8) is 0 Å². The number of rotatable bonds is 11. The lowest BCUT2D eigenvalue weighted by Gasteiger charge is -2.29. The number of aryl methyl sites for hydroxylation is 1. The largest absolute Gasteiger partial charge is 0.479 e. The fourth-order valence-corrected chi connectivity index (χ4v) is 4.63. The van der Waals surface area contributed by atoms with Gasteiger partial charge in [0.15, 0.2) is 17.7 Å². The van der Waals surface area contributed by atoms with E-state index < -0.39 is 35.4 Å². The van der Waals surface area contributed by atoms with Crippen molar-refractivity contribution in [2.45, 2.75) is 51.2 Å². The Morgan fingerprint density at radius 3 is 2.52 bits per heavy atom. The van der Waals surface area contributed by atoms with Crippen molar-refractivity contribution < 1.29 is 36.2 Å². The van der Waals surface area contributed by atoms with Gasteiger partial charge in [0, 0.05) is 38.9 Å². The number of alkyl halides is 3. The molecule has 1 N–H and O–H groups in total. The quantitative estimate of drug-likeness (QED) is 0.290. The summed E-state index contributed by atoms with van der Waals surface area (Å²) >= 11 is 0. The third-order valence-corrected chi connectivity index (χ3v) is 6.58. The van der Waals surface area contributed by atoms with Gasteiger partial charge in [-0.1, -0.05) is 42.0 Å². The molecule has 5 nitrogen and oxygen atoms in total. The molecule has 40 heavy (non-hydrogen) atoms. The minimum Gasteiger partial charge on any atom is -0.479 e. The van der Waals surface area contributed by atoms with E-state index in [4.69, 9.17) is 9.47 Å². The van der Waals surface area contributed by atoms with Gasteiger partial charge in [0.05, 0.1) is 11.7 Å². The zero-order valence-electron chi connectivity index (χ0n) is 22.0. The van der Waals surface area contributed by atoms with Crippen LogP contribution in [0.3, 0.4) is 0 Å². The van der Waals surface area contributed by atoms with Crippen molar-refractivity contribution in [2.24, 2.45) is 0 Å². The first kappa shape index (κ1) is 29.5. The number of halogens is 5. The van der Waals surface area contributed by atoms with E-state index in [-0.39, 0.29) is 30.5 Å². The van der Waals surface area contributed by atoms with Gasteiger partial charge in [-0.2, -0.15) is 13.2 Å². The number of nitrogens with zero attached hydrogens (tertiary/aromatic N) is 1. The van der Waals surface area contributed by atoms with Crippen LogP contribution in [0.1, 0.15) is 35.1 Å². The lowest BCUT2D eigenvalue weighted by atomic mass is 10.1. The summed E-state index contributed by atoms with van der Waals surface area (Å²) in [4.78, 5) is 15.3. The van der Waals surface area contributed by atoms with Crippen LogP contribution in [0.15, 0.2) is 66.7 Å².